The van der Waals surface area contributed by atoms with Crippen molar-refractivity contribution in [3.8, 4) is 17.2 Å². The van der Waals surface area contributed by atoms with Gasteiger partial charge >= 0.3 is 0 Å². The lowest BCUT2D eigenvalue weighted by molar-refractivity contribution is 0.103. The fraction of sp³-hybridized carbons (Fsp3) is 0. The molecular formula is C13H10O4. The molecule has 0 spiro atoms. The van der Waals surface area contributed by atoms with Crippen molar-refractivity contribution in [3.05, 3.63) is 53.6 Å². The zero-order valence-electron chi connectivity index (χ0n) is 11.7. The molecule has 0 amide bonds. The minimum Gasteiger partial charge on any atom is -0.508 e. The maximum Gasteiger partial charge on any atom is 0.293 e. The number of phenols is 3. The van der Waals surface area contributed by atoms with Crippen LogP contribution in [0.15, 0.2) is 42.5 Å². The molecule has 0 atom stereocenters. The molecule has 17 heavy (non-hydrogen) atoms. The van der Waals surface area contributed by atoms with Crippen LogP contribution in [0.1, 0.15) is 15.9 Å². The summed E-state index contributed by atoms with van der Waals surface area (Å²) in [5, 5.41) is 12.8. The van der Waals surface area contributed by atoms with Gasteiger partial charge in [0.05, 0.1) is 0 Å². The number of ketones is 1. The predicted octanol–water partition coefficient (Wildman–Crippen LogP) is 2.03. The van der Waals surface area contributed by atoms with Crippen molar-refractivity contribution in [3.63, 3.8) is 0 Å². The van der Waals surface area contributed by atoms with E-state index < -0.39 is 0 Å². The lowest BCUT2D eigenvalue weighted by atomic mass is 10.0. The zero-order chi connectivity index (χ0) is 14.5. The Morgan fingerprint density at radius 3 is 2.24 bits per heavy atom. The Morgan fingerprint density at radius 1 is 0.882 bits per heavy atom. The first kappa shape index (κ1) is 7.73. The molecule has 0 aromatic heterocycles. The third-order valence-corrected chi connectivity index (χ3v) is 2.32. The fourth-order valence-corrected chi connectivity index (χ4v) is 1.42. The van der Waals surface area contributed by atoms with Crippen LogP contribution < -0.4 is 0 Å². The Labute approximate surface area is 102 Å². The summed E-state index contributed by atoms with van der Waals surface area (Å²) in [5.41, 5.74) is 0.703. The van der Waals surface area contributed by atoms with E-state index in [2.05, 4.69) is 15.3 Å². The summed E-state index contributed by atoms with van der Waals surface area (Å²) < 4.78 is 20.4. The summed E-state index contributed by atoms with van der Waals surface area (Å²) in [6.45, 7) is 0. The van der Waals surface area contributed by atoms with E-state index in [0.717, 1.165) is 0 Å². The molecule has 4 heteroatoms. The smallest absolute Gasteiger partial charge is 0.293 e. The van der Waals surface area contributed by atoms with E-state index in [1.807, 2.05) is 0 Å². The quantitative estimate of drug-likeness (QED) is 0.545. The maximum absolute atomic E-state index is 12.2. The molecule has 0 aliphatic rings. The number of carbonyl (C=O) groups is 1. The molecule has 0 radical (unpaired) electrons. The summed E-state index contributed by atoms with van der Waals surface area (Å²) in [4.78, 5) is 12.2. The lowest BCUT2D eigenvalue weighted by Crippen LogP contribution is -2.00. The van der Waals surface area contributed by atoms with E-state index >= 15 is 0 Å². The van der Waals surface area contributed by atoms with Crippen LogP contribution >= 0.6 is 0 Å². The van der Waals surface area contributed by atoms with E-state index in [9.17, 15) is 4.79 Å². The second kappa shape index (κ2) is 4.17. The summed E-state index contributed by atoms with van der Waals surface area (Å²) >= 11 is 0. The molecule has 0 unspecified atom stereocenters. The van der Waals surface area contributed by atoms with Crippen LogP contribution in [0.25, 0.3) is 0 Å². The van der Waals surface area contributed by atoms with Crippen molar-refractivity contribution >= 4 is 5.78 Å². The first-order chi connectivity index (χ1) is 9.69. The highest BCUT2D eigenvalue weighted by Gasteiger charge is 2.11. The van der Waals surface area contributed by atoms with Crippen molar-refractivity contribution in [1.82, 2.24) is 0 Å². The average Bonchev–Trinajstić information content (AvgIpc) is 2.53. The van der Waals surface area contributed by atoms with E-state index in [-0.39, 0.29) is 17.3 Å². The number of carbonyl (C=O) groups excluding carboxylic acids is 1. The van der Waals surface area contributed by atoms with Crippen molar-refractivity contribution in [2.45, 2.75) is 0 Å². The van der Waals surface area contributed by atoms with Crippen LogP contribution in [0.2, 0.25) is 0 Å². The third-order valence-electron chi connectivity index (χ3n) is 2.32. The van der Waals surface area contributed by atoms with Crippen LogP contribution in [0, 0.1) is 0 Å². The average molecular weight is 233 g/mol. The normalized spacial score (nSPS) is 11.9. The van der Waals surface area contributed by atoms with Crippen LogP contribution in [0.3, 0.4) is 0 Å². The van der Waals surface area contributed by atoms with E-state index in [4.69, 9.17) is 4.29 Å². The van der Waals surface area contributed by atoms with Gasteiger partial charge in [0.15, 0.2) is 17.3 Å². The highest BCUT2D eigenvalue weighted by Crippen LogP contribution is 2.26. The zero-order valence-corrected chi connectivity index (χ0v) is 8.67. The van der Waals surface area contributed by atoms with Gasteiger partial charge in [-0.05, 0) is 42.5 Å². The molecule has 0 heterocycles. The van der Waals surface area contributed by atoms with Crippen LogP contribution in [-0.4, -0.2) is 25.4 Å². The van der Waals surface area contributed by atoms with Gasteiger partial charge < -0.3 is 15.3 Å². The van der Waals surface area contributed by atoms with Crippen LogP contribution in [0.5, 0.6) is 17.2 Å². The number of hydrogen-bond acceptors (Lipinski definition) is 4. The minimum absolute atomic E-state index is 0.0167. The molecular weight excluding hydrogens is 220 g/mol. The second-order valence-electron chi connectivity index (χ2n) is 3.52. The summed E-state index contributed by atoms with van der Waals surface area (Å²) in [6, 6.07) is 10.3. The molecule has 0 aliphatic heterocycles. The molecule has 0 bridgehead atoms. The van der Waals surface area contributed by atoms with Crippen LogP contribution in [-0.2, 0) is 0 Å². The molecule has 2 rings (SSSR count). The highest BCUT2D eigenvalue weighted by molar-refractivity contribution is 6.09. The van der Waals surface area contributed by atoms with Gasteiger partial charge in [-0.1, -0.05) is 0 Å². The van der Waals surface area contributed by atoms with Gasteiger partial charge in [-0.25, -0.2) is 0 Å². The van der Waals surface area contributed by atoms with Gasteiger partial charge in [0.2, 0.25) is 0 Å². The summed E-state index contributed by atoms with van der Waals surface area (Å²) in [7, 11) is 0. The monoisotopic (exact) mass is 233 g/mol. The third kappa shape index (κ3) is 2.20. The largest absolute Gasteiger partial charge is 0.508 e. The van der Waals surface area contributed by atoms with Gasteiger partial charge in [-0.3, -0.25) is 4.79 Å². The predicted molar refractivity (Wildman–Crippen MR) is 61.3 cm³/mol. The molecule has 2 aromatic carbocycles. The first-order valence-electron chi connectivity index (χ1n) is 6.10. The van der Waals surface area contributed by atoms with E-state index in [1.165, 1.54) is 42.5 Å². The molecule has 0 fully saturated rings. The van der Waals surface area contributed by atoms with Crippen molar-refractivity contribution in [2.75, 3.05) is 0 Å². The number of rotatable bonds is 5. The van der Waals surface area contributed by atoms with Crippen molar-refractivity contribution in [2.24, 2.45) is 0 Å². The van der Waals surface area contributed by atoms with Crippen LogP contribution in [0.4, 0.5) is 0 Å². The van der Waals surface area contributed by atoms with Gasteiger partial charge in [0.25, 0.3) is 4.29 Å². The Kier molecular flexibility index (Phi) is 1.90. The Hall–Kier alpha value is -2.49. The fourth-order valence-electron chi connectivity index (χ4n) is 1.42. The van der Waals surface area contributed by atoms with Gasteiger partial charge in [0, 0.05) is 11.1 Å². The van der Waals surface area contributed by atoms with Crippen molar-refractivity contribution in [1.29, 1.82) is 4.29 Å². The van der Waals surface area contributed by atoms with Gasteiger partial charge in [-0.2, -0.15) is 0 Å². The van der Waals surface area contributed by atoms with Gasteiger partial charge in [0.1, 0.15) is 5.75 Å². The molecule has 0 aliphatic carbocycles. The molecule has 4 nitrogen and oxygen atoms in total. The number of benzene rings is 2. The first-order valence-corrected chi connectivity index (χ1v) is 4.88. The van der Waals surface area contributed by atoms with Gasteiger partial charge in [-0.15, -0.1) is 0 Å². The molecule has 0 saturated heterocycles. The van der Waals surface area contributed by atoms with E-state index in [0.29, 0.717) is 16.9 Å². The second-order valence-corrected chi connectivity index (χ2v) is 3.52. The maximum atomic E-state index is 12.2. The highest BCUT2D eigenvalue weighted by atomic mass is 16.3. The SMILES string of the molecule is [2H]Oc1ccc(C(=O)c2ccc(O[2H])c(O[2H])c2)cc1. The van der Waals surface area contributed by atoms with E-state index in [1.54, 1.807) is 0 Å². The Balaban J connectivity index is 2.32. The Morgan fingerprint density at radius 2 is 1.59 bits per heavy atom. The molecule has 86 valence electrons. The summed E-state index contributed by atoms with van der Waals surface area (Å²) in [5.74, 6) is 0.0810. The van der Waals surface area contributed by atoms with Crippen molar-refractivity contribution < 1.29 is 20.1 Å². The summed E-state index contributed by atoms with van der Waals surface area (Å²) in [6.07, 6.45) is 0. The molecule has 0 saturated carbocycles. The molecule has 2 aromatic rings. The lowest BCUT2D eigenvalue weighted by Gasteiger charge is -2.03. The number of phenolic OH excluding ortho intramolecular Hbond substituents is 3. The Bertz CT molecular complexity index is 614. The number of aromatic hydroxyl groups is 3. The number of hydrogen-bond donors (Lipinski definition) is 3. The minimum atomic E-state index is -0.281. The molecule has 3 N–H and O–H groups in total. The standard InChI is InChI=1S/C13H10O4/c14-10-4-1-8(2-5-10)13(17)9-3-6-11(15)12(16)7-9/h1-7,14-16H/i/hD3. The topological polar surface area (TPSA) is 77.8 Å².